The first-order valence-electron chi connectivity index (χ1n) is 10.3. The minimum absolute atomic E-state index is 0.0196. The van der Waals surface area contributed by atoms with Crippen molar-refractivity contribution in [3.05, 3.63) is 71.1 Å². The molecule has 2 aromatic heterocycles. The maximum Gasteiger partial charge on any atom is 0.277 e. The number of nitrogens with two attached hydrogens (primary N) is 1. The van der Waals surface area contributed by atoms with Crippen LogP contribution in [0.5, 0.6) is 5.75 Å². The molecule has 0 bridgehead atoms. The summed E-state index contributed by atoms with van der Waals surface area (Å²) in [7, 11) is -3.56. The second-order valence-corrected chi connectivity index (χ2v) is 10.6. The van der Waals surface area contributed by atoms with Crippen LogP contribution in [0.4, 0.5) is 11.5 Å². The minimum atomic E-state index is -3.56. The van der Waals surface area contributed by atoms with E-state index in [4.69, 9.17) is 22.1 Å². The highest BCUT2D eigenvalue weighted by atomic mass is 35.5. The van der Waals surface area contributed by atoms with Crippen molar-refractivity contribution in [2.45, 2.75) is 24.3 Å². The number of sulfone groups is 1. The lowest BCUT2D eigenvalue weighted by Crippen LogP contribution is -2.37. The molecule has 0 atom stereocenters. The first kappa shape index (κ1) is 26.1. The largest absolute Gasteiger partial charge is 0.486 e. The number of nitrogens with one attached hydrogen (secondary N) is 2. The molecule has 2 amide bonds. The number of hydrogen-bond donors (Lipinski definition) is 3. The highest BCUT2D eigenvalue weighted by Crippen LogP contribution is 2.28. The number of rotatable bonds is 8. The van der Waals surface area contributed by atoms with Crippen LogP contribution < -0.4 is 21.1 Å². The summed E-state index contributed by atoms with van der Waals surface area (Å²) in [5.74, 6) is -0.969. The van der Waals surface area contributed by atoms with Crippen molar-refractivity contribution in [2.24, 2.45) is 5.73 Å². The first-order chi connectivity index (χ1) is 16.4. The van der Waals surface area contributed by atoms with Gasteiger partial charge in [-0.1, -0.05) is 11.6 Å². The van der Waals surface area contributed by atoms with Gasteiger partial charge in [-0.05, 0) is 56.3 Å². The van der Waals surface area contributed by atoms with Gasteiger partial charge in [-0.15, -0.1) is 0 Å². The molecule has 0 spiro atoms. The number of nitrogens with zero attached hydrogens (tertiary/aromatic N) is 2. The third-order valence-corrected chi connectivity index (χ3v) is 6.08. The Morgan fingerprint density at radius 2 is 1.83 bits per heavy atom. The summed E-state index contributed by atoms with van der Waals surface area (Å²) in [6.45, 7) is 3.52. The molecule has 0 saturated heterocycles. The number of benzene rings is 1. The van der Waals surface area contributed by atoms with E-state index in [2.05, 4.69) is 20.6 Å². The molecule has 0 saturated carbocycles. The Morgan fingerprint density at radius 3 is 2.46 bits per heavy atom. The van der Waals surface area contributed by atoms with E-state index in [1.165, 1.54) is 42.7 Å². The Balaban J connectivity index is 1.92. The molecule has 0 aliphatic carbocycles. The lowest BCUT2D eigenvalue weighted by molar-refractivity contribution is 0.0986. The standard InChI is InChI=1S/C23H24ClN5O5S/c1-23(2,13-25)34-18-11-15(35(3,32)33)7-8-16(18)21(30)28-17-5-4-10-26-20(17)22(31)29-19-9-6-14(24)12-27-19/h4-12H,13,25H2,1-3H3,(H,28,30)(H,27,29,31). The fourth-order valence-electron chi connectivity index (χ4n) is 2.85. The molecule has 1 aromatic carbocycles. The van der Waals surface area contributed by atoms with Crippen molar-refractivity contribution >= 4 is 44.8 Å². The molecule has 3 aromatic rings. The SMILES string of the molecule is CC(C)(CN)Oc1cc(S(C)(=O)=O)ccc1C(=O)Nc1cccnc1C(=O)Nc1ccc(Cl)cn1. The summed E-state index contributed by atoms with van der Waals surface area (Å²) in [4.78, 5) is 34.0. The number of ether oxygens (including phenoxy) is 1. The molecule has 0 aliphatic heterocycles. The van der Waals surface area contributed by atoms with Crippen molar-refractivity contribution in [3.8, 4) is 5.75 Å². The number of halogens is 1. The van der Waals surface area contributed by atoms with Crippen LogP contribution >= 0.6 is 11.6 Å². The zero-order chi connectivity index (χ0) is 25.8. The highest BCUT2D eigenvalue weighted by Gasteiger charge is 2.25. The Bertz CT molecular complexity index is 1360. The lowest BCUT2D eigenvalue weighted by atomic mass is 10.1. The van der Waals surface area contributed by atoms with Crippen LogP contribution in [-0.2, 0) is 9.84 Å². The molecular weight excluding hydrogens is 494 g/mol. The lowest BCUT2D eigenvalue weighted by Gasteiger charge is -2.26. The summed E-state index contributed by atoms with van der Waals surface area (Å²) >= 11 is 5.82. The molecule has 10 nitrogen and oxygen atoms in total. The van der Waals surface area contributed by atoms with Gasteiger partial charge in [0.2, 0.25) is 0 Å². The monoisotopic (exact) mass is 517 g/mol. The van der Waals surface area contributed by atoms with Crippen LogP contribution in [0.25, 0.3) is 0 Å². The van der Waals surface area contributed by atoms with E-state index in [9.17, 15) is 18.0 Å². The van der Waals surface area contributed by atoms with E-state index in [1.54, 1.807) is 26.0 Å². The first-order valence-corrected chi connectivity index (χ1v) is 12.6. The van der Waals surface area contributed by atoms with E-state index >= 15 is 0 Å². The van der Waals surface area contributed by atoms with Gasteiger partial charge < -0.3 is 21.1 Å². The number of hydrogen-bond acceptors (Lipinski definition) is 8. The molecular formula is C23H24ClN5O5S. The molecule has 3 rings (SSSR count). The van der Waals surface area contributed by atoms with Crippen LogP contribution in [0, 0.1) is 0 Å². The predicted molar refractivity (Wildman–Crippen MR) is 133 cm³/mol. The zero-order valence-corrected chi connectivity index (χ0v) is 20.8. The fourth-order valence-corrected chi connectivity index (χ4v) is 3.59. The van der Waals surface area contributed by atoms with Gasteiger partial charge in [-0.25, -0.2) is 18.4 Å². The quantitative estimate of drug-likeness (QED) is 0.411. The van der Waals surface area contributed by atoms with Crippen LogP contribution in [-0.4, -0.2) is 48.6 Å². The van der Waals surface area contributed by atoms with Crippen molar-refractivity contribution in [1.29, 1.82) is 0 Å². The number of amides is 2. The second kappa shape index (κ2) is 10.4. The fraction of sp³-hybridized carbons (Fsp3) is 0.217. The Hall–Kier alpha value is -3.54. The van der Waals surface area contributed by atoms with Crippen LogP contribution in [0.2, 0.25) is 5.02 Å². The molecule has 0 fully saturated rings. The van der Waals surface area contributed by atoms with Crippen LogP contribution in [0.15, 0.2) is 59.8 Å². The van der Waals surface area contributed by atoms with Gasteiger partial charge in [-0.2, -0.15) is 0 Å². The van der Waals surface area contributed by atoms with Gasteiger partial charge in [0.15, 0.2) is 15.5 Å². The Kier molecular flexibility index (Phi) is 7.73. The minimum Gasteiger partial charge on any atom is -0.486 e. The van der Waals surface area contributed by atoms with Crippen LogP contribution in [0.3, 0.4) is 0 Å². The number of anilines is 2. The average Bonchev–Trinajstić information content (AvgIpc) is 2.80. The van der Waals surface area contributed by atoms with E-state index in [0.717, 1.165) is 6.26 Å². The van der Waals surface area contributed by atoms with Crippen molar-refractivity contribution in [2.75, 3.05) is 23.4 Å². The second-order valence-electron chi connectivity index (χ2n) is 8.17. The zero-order valence-electron chi connectivity index (χ0n) is 19.2. The Labute approximate surface area is 207 Å². The van der Waals surface area contributed by atoms with E-state index in [-0.39, 0.29) is 40.0 Å². The molecule has 2 heterocycles. The Morgan fingerprint density at radius 1 is 1.09 bits per heavy atom. The maximum atomic E-state index is 13.2. The van der Waals surface area contributed by atoms with Gasteiger partial charge in [0.1, 0.15) is 17.2 Å². The van der Waals surface area contributed by atoms with Crippen molar-refractivity contribution in [1.82, 2.24) is 9.97 Å². The third-order valence-electron chi connectivity index (χ3n) is 4.74. The summed E-state index contributed by atoms with van der Waals surface area (Å²) in [6.07, 6.45) is 3.83. The predicted octanol–water partition coefficient (Wildman–Crippen LogP) is 3.15. The third kappa shape index (κ3) is 6.75. The van der Waals surface area contributed by atoms with Gasteiger partial charge in [0.05, 0.1) is 21.2 Å². The molecule has 0 radical (unpaired) electrons. The molecule has 0 aliphatic rings. The number of carbonyl (C=O) groups is 2. The smallest absolute Gasteiger partial charge is 0.277 e. The number of aromatic nitrogens is 2. The summed E-state index contributed by atoms with van der Waals surface area (Å²) < 4.78 is 29.9. The summed E-state index contributed by atoms with van der Waals surface area (Å²) in [5, 5.41) is 5.63. The normalized spacial score (nSPS) is 11.6. The number of pyridine rings is 2. The van der Waals surface area contributed by atoms with Crippen molar-refractivity contribution < 1.29 is 22.7 Å². The van der Waals surface area contributed by atoms with Gasteiger partial charge in [0, 0.05) is 25.2 Å². The number of carbonyl (C=O) groups excluding carboxylic acids is 2. The maximum absolute atomic E-state index is 13.2. The summed E-state index contributed by atoms with van der Waals surface area (Å²) in [5.41, 5.74) is 4.98. The average molecular weight is 518 g/mol. The van der Waals surface area contributed by atoms with Crippen molar-refractivity contribution in [3.63, 3.8) is 0 Å². The van der Waals surface area contributed by atoms with E-state index in [0.29, 0.717) is 5.02 Å². The van der Waals surface area contributed by atoms with E-state index < -0.39 is 27.3 Å². The van der Waals surface area contributed by atoms with E-state index in [1.807, 2.05) is 0 Å². The molecule has 4 N–H and O–H groups in total. The summed E-state index contributed by atoms with van der Waals surface area (Å²) in [6, 6.07) is 10.0. The molecule has 12 heteroatoms. The molecule has 35 heavy (non-hydrogen) atoms. The van der Waals surface area contributed by atoms with Gasteiger partial charge >= 0.3 is 0 Å². The molecule has 0 unspecified atom stereocenters. The van der Waals surface area contributed by atoms with Gasteiger partial charge in [0.25, 0.3) is 11.8 Å². The highest BCUT2D eigenvalue weighted by molar-refractivity contribution is 7.90. The molecule has 184 valence electrons. The van der Waals surface area contributed by atoms with Crippen LogP contribution in [0.1, 0.15) is 34.7 Å². The topological polar surface area (TPSA) is 153 Å². The van der Waals surface area contributed by atoms with Gasteiger partial charge in [-0.3, -0.25) is 9.59 Å².